The number of fused-ring (bicyclic) bond motifs is 3. The van der Waals surface area contributed by atoms with Crippen molar-refractivity contribution in [1.29, 1.82) is 5.26 Å². The van der Waals surface area contributed by atoms with Crippen LogP contribution in [-0.2, 0) is 28.9 Å². The molecule has 1 atom stereocenters. The van der Waals surface area contributed by atoms with Crippen molar-refractivity contribution < 1.29 is 18.9 Å². The zero-order chi connectivity index (χ0) is 20.2. The number of nitrogens with zero attached hydrogens (tertiary/aromatic N) is 2. The van der Waals surface area contributed by atoms with E-state index in [0.29, 0.717) is 44.5 Å². The summed E-state index contributed by atoms with van der Waals surface area (Å²) >= 11 is 0. The van der Waals surface area contributed by atoms with Gasteiger partial charge in [0, 0.05) is 23.7 Å². The van der Waals surface area contributed by atoms with E-state index in [1.54, 1.807) is 6.07 Å². The highest BCUT2D eigenvalue weighted by molar-refractivity contribution is 5.72. The SMILES string of the molecule is CCc1c(OCC2COCCO2)cc(=O)n2c1-c1ccc(OCC#N)cc1CC2. The van der Waals surface area contributed by atoms with E-state index < -0.39 is 0 Å². The van der Waals surface area contributed by atoms with Gasteiger partial charge in [-0.25, -0.2) is 0 Å². The topological polar surface area (TPSA) is 82.7 Å². The van der Waals surface area contributed by atoms with Crippen LogP contribution in [0.1, 0.15) is 18.1 Å². The van der Waals surface area contributed by atoms with Crippen molar-refractivity contribution in [1.82, 2.24) is 4.57 Å². The monoisotopic (exact) mass is 396 g/mol. The van der Waals surface area contributed by atoms with Crippen LogP contribution < -0.4 is 15.0 Å². The molecule has 2 aliphatic heterocycles. The number of hydrogen-bond acceptors (Lipinski definition) is 6. The molecule has 0 spiro atoms. The number of hydrogen-bond donors (Lipinski definition) is 0. The molecule has 0 N–H and O–H groups in total. The molecule has 0 saturated carbocycles. The van der Waals surface area contributed by atoms with Crippen LogP contribution >= 0.6 is 0 Å². The quantitative estimate of drug-likeness (QED) is 0.745. The molecule has 7 nitrogen and oxygen atoms in total. The Morgan fingerprint density at radius 1 is 1.28 bits per heavy atom. The average Bonchev–Trinajstić information content (AvgIpc) is 2.76. The number of rotatable bonds is 6. The van der Waals surface area contributed by atoms with Crippen molar-refractivity contribution in [2.24, 2.45) is 0 Å². The Labute approximate surface area is 169 Å². The zero-order valence-electron chi connectivity index (χ0n) is 16.5. The highest BCUT2D eigenvalue weighted by Crippen LogP contribution is 2.37. The van der Waals surface area contributed by atoms with E-state index in [1.807, 2.05) is 28.8 Å². The number of benzene rings is 1. The average molecular weight is 396 g/mol. The maximum Gasteiger partial charge on any atom is 0.254 e. The Kier molecular flexibility index (Phi) is 5.84. The van der Waals surface area contributed by atoms with Crippen LogP contribution in [0.2, 0.25) is 0 Å². The van der Waals surface area contributed by atoms with Crippen molar-refractivity contribution >= 4 is 0 Å². The minimum absolute atomic E-state index is 0.0139. The van der Waals surface area contributed by atoms with Gasteiger partial charge in [0.1, 0.15) is 30.3 Å². The third kappa shape index (κ3) is 4.00. The largest absolute Gasteiger partial charge is 0.490 e. The highest BCUT2D eigenvalue weighted by Gasteiger charge is 2.24. The minimum atomic E-state index is -0.126. The first-order valence-corrected chi connectivity index (χ1v) is 9.93. The Hall–Kier alpha value is -2.82. The predicted octanol–water partition coefficient (Wildman–Crippen LogP) is 2.33. The lowest BCUT2D eigenvalue weighted by Gasteiger charge is -2.27. The van der Waals surface area contributed by atoms with Crippen molar-refractivity contribution in [3.63, 3.8) is 0 Å². The molecule has 152 valence electrons. The van der Waals surface area contributed by atoms with E-state index in [-0.39, 0.29) is 18.3 Å². The zero-order valence-corrected chi connectivity index (χ0v) is 16.5. The lowest BCUT2D eigenvalue weighted by molar-refractivity contribution is -0.101. The summed E-state index contributed by atoms with van der Waals surface area (Å²) < 4.78 is 24.4. The summed E-state index contributed by atoms with van der Waals surface area (Å²) in [5.74, 6) is 1.27. The van der Waals surface area contributed by atoms with Crippen LogP contribution in [0, 0.1) is 11.3 Å². The fourth-order valence-electron chi connectivity index (χ4n) is 3.93. The van der Waals surface area contributed by atoms with Gasteiger partial charge in [-0.3, -0.25) is 4.79 Å². The molecule has 1 saturated heterocycles. The van der Waals surface area contributed by atoms with Gasteiger partial charge in [0.05, 0.1) is 25.5 Å². The number of ether oxygens (including phenoxy) is 4. The third-order valence-corrected chi connectivity index (χ3v) is 5.28. The second-order valence-corrected chi connectivity index (χ2v) is 7.07. The molecule has 4 rings (SSSR count). The summed E-state index contributed by atoms with van der Waals surface area (Å²) in [7, 11) is 0. The Bertz CT molecular complexity index is 986. The Morgan fingerprint density at radius 3 is 2.93 bits per heavy atom. The Balaban J connectivity index is 1.68. The summed E-state index contributed by atoms with van der Waals surface area (Å²) in [4.78, 5) is 12.8. The molecular formula is C22H24N2O5. The molecule has 2 aliphatic rings. The minimum Gasteiger partial charge on any atom is -0.490 e. The van der Waals surface area contributed by atoms with Crippen molar-refractivity contribution in [2.45, 2.75) is 32.4 Å². The van der Waals surface area contributed by atoms with E-state index in [0.717, 1.165) is 35.2 Å². The molecule has 1 unspecified atom stereocenters. The molecule has 2 aromatic rings. The van der Waals surface area contributed by atoms with Gasteiger partial charge in [-0.15, -0.1) is 0 Å². The van der Waals surface area contributed by atoms with Crippen molar-refractivity contribution in [3.05, 3.63) is 45.7 Å². The molecule has 3 heterocycles. The fraction of sp³-hybridized carbons (Fsp3) is 0.455. The van der Waals surface area contributed by atoms with Crippen LogP contribution in [0.3, 0.4) is 0 Å². The molecule has 0 radical (unpaired) electrons. The molecular weight excluding hydrogens is 372 g/mol. The predicted molar refractivity (Wildman–Crippen MR) is 106 cm³/mol. The van der Waals surface area contributed by atoms with Gasteiger partial charge in [-0.05, 0) is 36.6 Å². The van der Waals surface area contributed by atoms with E-state index in [9.17, 15) is 4.79 Å². The van der Waals surface area contributed by atoms with Crippen LogP contribution in [0.15, 0.2) is 29.1 Å². The van der Waals surface area contributed by atoms with Crippen LogP contribution in [0.25, 0.3) is 11.3 Å². The summed E-state index contributed by atoms with van der Waals surface area (Å²) in [6.45, 7) is 4.70. The number of aryl methyl sites for hydroxylation is 1. The van der Waals surface area contributed by atoms with Gasteiger partial charge < -0.3 is 23.5 Å². The Morgan fingerprint density at radius 2 is 2.17 bits per heavy atom. The van der Waals surface area contributed by atoms with Gasteiger partial charge in [0.25, 0.3) is 5.56 Å². The second-order valence-electron chi connectivity index (χ2n) is 7.07. The standard InChI is InChI=1S/C22H24N2O5/c1-2-18-20(29-14-17-13-26-9-10-28-17)12-21(25)24-7-5-15-11-16(27-8-6-23)3-4-19(15)22(18)24/h3-4,11-12,17H,2,5,7-10,13-14H2,1H3. The molecule has 1 aromatic carbocycles. The molecule has 1 fully saturated rings. The van der Waals surface area contributed by atoms with Gasteiger partial charge in [-0.2, -0.15) is 5.26 Å². The maximum absolute atomic E-state index is 12.8. The van der Waals surface area contributed by atoms with Crippen molar-refractivity contribution in [3.8, 4) is 28.8 Å². The maximum atomic E-state index is 12.8. The van der Waals surface area contributed by atoms with Crippen LogP contribution in [-0.4, -0.2) is 43.7 Å². The first-order valence-electron chi connectivity index (χ1n) is 9.93. The summed E-state index contributed by atoms with van der Waals surface area (Å²) in [5.41, 5.74) is 3.97. The van der Waals surface area contributed by atoms with E-state index in [4.69, 9.17) is 24.2 Å². The molecule has 1 aromatic heterocycles. The lowest BCUT2D eigenvalue weighted by atomic mass is 9.93. The first-order chi connectivity index (χ1) is 14.2. The molecule has 0 amide bonds. The first kappa shape index (κ1) is 19.5. The fourth-order valence-corrected chi connectivity index (χ4v) is 3.93. The molecule has 0 bridgehead atoms. The van der Waals surface area contributed by atoms with Crippen LogP contribution in [0.5, 0.6) is 11.5 Å². The normalized spacial score (nSPS) is 17.7. The molecule has 0 aliphatic carbocycles. The molecule has 29 heavy (non-hydrogen) atoms. The van der Waals surface area contributed by atoms with E-state index >= 15 is 0 Å². The summed E-state index contributed by atoms with van der Waals surface area (Å²) in [6.07, 6.45) is 1.35. The van der Waals surface area contributed by atoms with Gasteiger partial charge >= 0.3 is 0 Å². The highest BCUT2D eigenvalue weighted by atomic mass is 16.6. The van der Waals surface area contributed by atoms with Gasteiger partial charge in [-0.1, -0.05) is 6.92 Å². The van der Waals surface area contributed by atoms with E-state index in [2.05, 4.69) is 6.92 Å². The summed E-state index contributed by atoms with van der Waals surface area (Å²) in [5, 5.41) is 8.73. The van der Waals surface area contributed by atoms with Crippen molar-refractivity contribution in [2.75, 3.05) is 33.0 Å². The lowest BCUT2D eigenvalue weighted by Crippen LogP contribution is -2.34. The van der Waals surface area contributed by atoms with Gasteiger partial charge in [0.2, 0.25) is 0 Å². The molecule has 7 heteroatoms. The third-order valence-electron chi connectivity index (χ3n) is 5.28. The van der Waals surface area contributed by atoms with Crippen LogP contribution in [0.4, 0.5) is 0 Å². The van der Waals surface area contributed by atoms with Gasteiger partial charge in [0.15, 0.2) is 6.61 Å². The summed E-state index contributed by atoms with van der Waals surface area (Å²) in [6, 6.07) is 9.34. The number of pyridine rings is 1. The smallest absolute Gasteiger partial charge is 0.254 e. The van der Waals surface area contributed by atoms with E-state index in [1.165, 1.54) is 0 Å². The number of aromatic nitrogens is 1. The number of nitriles is 1. The second kappa shape index (κ2) is 8.68.